The lowest BCUT2D eigenvalue weighted by Crippen LogP contribution is -2.32. The van der Waals surface area contributed by atoms with Crippen LogP contribution in [0.3, 0.4) is 0 Å². The van der Waals surface area contributed by atoms with Crippen LogP contribution in [0.25, 0.3) is 0 Å². The van der Waals surface area contributed by atoms with Crippen molar-refractivity contribution in [2.75, 3.05) is 20.3 Å². The van der Waals surface area contributed by atoms with Crippen molar-refractivity contribution in [3.05, 3.63) is 29.6 Å². The smallest absolute Gasteiger partial charge is 0.163 e. The van der Waals surface area contributed by atoms with Crippen LogP contribution in [0.1, 0.15) is 32.4 Å². The monoisotopic (exact) mass is 283 g/mol. The number of rotatable bonds is 5. The van der Waals surface area contributed by atoms with Crippen LogP contribution in [0.5, 0.6) is 5.75 Å². The molecule has 1 heterocycles. The van der Waals surface area contributed by atoms with E-state index in [2.05, 4.69) is 5.32 Å². The zero-order valence-corrected chi connectivity index (χ0v) is 12.4. The van der Waals surface area contributed by atoms with Crippen LogP contribution >= 0.6 is 0 Å². The number of benzene rings is 1. The number of hydrogen-bond acceptors (Lipinski definition) is 4. The molecule has 0 amide bonds. The van der Waals surface area contributed by atoms with Crippen LogP contribution < -0.4 is 10.1 Å². The van der Waals surface area contributed by atoms with Crippen molar-refractivity contribution in [1.82, 2.24) is 5.32 Å². The van der Waals surface area contributed by atoms with Crippen LogP contribution in [-0.4, -0.2) is 32.2 Å². The van der Waals surface area contributed by atoms with Gasteiger partial charge in [-0.15, -0.1) is 0 Å². The molecule has 4 nitrogen and oxygen atoms in total. The summed E-state index contributed by atoms with van der Waals surface area (Å²) >= 11 is 0. The van der Waals surface area contributed by atoms with E-state index in [1.807, 2.05) is 20.8 Å². The van der Waals surface area contributed by atoms with Crippen LogP contribution in [0.4, 0.5) is 4.39 Å². The second-order valence-electron chi connectivity index (χ2n) is 5.47. The van der Waals surface area contributed by atoms with Gasteiger partial charge in [-0.1, -0.05) is 6.07 Å². The van der Waals surface area contributed by atoms with Gasteiger partial charge in [0, 0.05) is 24.2 Å². The Balaban J connectivity index is 1.90. The van der Waals surface area contributed by atoms with E-state index in [1.54, 1.807) is 12.1 Å². The fourth-order valence-electron chi connectivity index (χ4n) is 2.27. The second kappa shape index (κ2) is 6.08. The molecular formula is C15H22FNO3. The first-order valence-corrected chi connectivity index (χ1v) is 6.80. The van der Waals surface area contributed by atoms with E-state index in [1.165, 1.54) is 13.2 Å². The van der Waals surface area contributed by atoms with Crippen molar-refractivity contribution in [2.24, 2.45) is 0 Å². The van der Waals surface area contributed by atoms with E-state index in [9.17, 15) is 4.39 Å². The van der Waals surface area contributed by atoms with Crippen molar-refractivity contribution in [1.29, 1.82) is 0 Å². The van der Waals surface area contributed by atoms with Gasteiger partial charge in [0.15, 0.2) is 5.79 Å². The van der Waals surface area contributed by atoms with E-state index in [0.29, 0.717) is 24.5 Å². The van der Waals surface area contributed by atoms with E-state index in [4.69, 9.17) is 14.2 Å². The van der Waals surface area contributed by atoms with Gasteiger partial charge in [-0.25, -0.2) is 4.39 Å². The molecule has 1 saturated heterocycles. The highest BCUT2D eigenvalue weighted by atomic mass is 19.1. The first kappa shape index (κ1) is 15.2. The molecule has 0 radical (unpaired) electrons. The maximum absolute atomic E-state index is 13.9. The highest BCUT2D eigenvalue weighted by Gasteiger charge is 2.32. The van der Waals surface area contributed by atoms with Crippen LogP contribution in [0, 0.1) is 5.82 Å². The first-order chi connectivity index (χ1) is 9.41. The highest BCUT2D eigenvalue weighted by Crippen LogP contribution is 2.24. The van der Waals surface area contributed by atoms with Gasteiger partial charge in [-0.05, 0) is 26.8 Å². The molecule has 2 rings (SSSR count). The minimum Gasteiger partial charge on any atom is -0.497 e. The third-order valence-electron chi connectivity index (χ3n) is 3.39. The number of halogens is 1. The van der Waals surface area contributed by atoms with Gasteiger partial charge >= 0.3 is 0 Å². The topological polar surface area (TPSA) is 39.7 Å². The molecule has 2 atom stereocenters. The summed E-state index contributed by atoms with van der Waals surface area (Å²) in [5.74, 6) is -0.276. The molecule has 0 bridgehead atoms. The maximum atomic E-state index is 13.9. The van der Waals surface area contributed by atoms with Gasteiger partial charge in [0.1, 0.15) is 11.6 Å². The molecule has 1 aromatic carbocycles. The number of nitrogens with one attached hydrogen (secondary N) is 1. The lowest BCUT2D eigenvalue weighted by atomic mass is 10.1. The summed E-state index contributed by atoms with van der Waals surface area (Å²) in [6.07, 6.45) is -0.00578. The second-order valence-corrected chi connectivity index (χ2v) is 5.47. The Hall–Kier alpha value is -1.17. The Labute approximate surface area is 119 Å². The van der Waals surface area contributed by atoms with Crippen LogP contribution in [0.15, 0.2) is 18.2 Å². The molecular weight excluding hydrogens is 261 g/mol. The fourth-order valence-corrected chi connectivity index (χ4v) is 2.27. The molecule has 5 heteroatoms. The summed E-state index contributed by atoms with van der Waals surface area (Å²) in [6.45, 7) is 6.87. The van der Waals surface area contributed by atoms with Crippen LogP contribution in [-0.2, 0) is 9.47 Å². The third-order valence-corrected chi connectivity index (χ3v) is 3.39. The van der Waals surface area contributed by atoms with Crippen LogP contribution in [0.2, 0.25) is 0 Å². The lowest BCUT2D eigenvalue weighted by molar-refractivity contribution is -0.137. The summed E-state index contributed by atoms with van der Waals surface area (Å²) in [4.78, 5) is 0. The van der Waals surface area contributed by atoms with E-state index in [0.717, 1.165) is 0 Å². The minimum atomic E-state index is -0.527. The van der Waals surface area contributed by atoms with Crippen molar-refractivity contribution in [3.63, 3.8) is 0 Å². The summed E-state index contributed by atoms with van der Waals surface area (Å²) in [7, 11) is 1.52. The van der Waals surface area contributed by atoms with Crippen molar-refractivity contribution in [2.45, 2.75) is 38.7 Å². The van der Waals surface area contributed by atoms with Crippen molar-refractivity contribution in [3.8, 4) is 5.75 Å². The zero-order chi connectivity index (χ0) is 14.8. The average molecular weight is 283 g/mol. The van der Waals surface area contributed by atoms with E-state index >= 15 is 0 Å². The Morgan fingerprint density at radius 2 is 2.25 bits per heavy atom. The summed E-state index contributed by atoms with van der Waals surface area (Å²) in [6, 6.07) is 4.79. The van der Waals surface area contributed by atoms with Gasteiger partial charge in [0.25, 0.3) is 0 Å². The predicted molar refractivity (Wildman–Crippen MR) is 74.3 cm³/mol. The van der Waals surface area contributed by atoms with E-state index in [-0.39, 0.29) is 18.0 Å². The molecule has 2 unspecified atom stereocenters. The number of ether oxygens (including phenoxy) is 3. The van der Waals surface area contributed by atoms with Crippen molar-refractivity contribution >= 4 is 0 Å². The molecule has 20 heavy (non-hydrogen) atoms. The Morgan fingerprint density at radius 1 is 1.50 bits per heavy atom. The molecule has 112 valence electrons. The van der Waals surface area contributed by atoms with Gasteiger partial charge in [0.2, 0.25) is 0 Å². The summed E-state index contributed by atoms with van der Waals surface area (Å²) in [5, 5.41) is 3.27. The molecule has 0 aliphatic carbocycles. The summed E-state index contributed by atoms with van der Waals surface area (Å²) in [5.41, 5.74) is 0.615. The Bertz CT molecular complexity index is 464. The highest BCUT2D eigenvalue weighted by molar-refractivity contribution is 5.30. The molecule has 1 aromatic rings. The molecule has 0 spiro atoms. The molecule has 1 aliphatic heterocycles. The number of hydrogen-bond donors (Lipinski definition) is 1. The zero-order valence-electron chi connectivity index (χ0n) is 12.4. The van der Waals surface area contributed by atoms with Crippen molar-refractivity contribution < 1.29 is 18.6 Å². The van der Waals surface area contributed by atoms with E-state index < -0.39 is 5.79 Å². The SMILES string of the molecule is COc1ccc(C(C)NCC2COC(C)(C)O2)c(F)c1. The lowest BCUT2D eigenvalue weighted by Gasteiger charge is -2.20. The Morgan fingerprint density at radius 3 is 2.80 bits per heavy atom. The molecule has 1 aliphatic rings. The third kappa shape index (κ3) is 3.69. The fraction of sp³-hybridized carbons (Fsp3) is 0.600. The quantitative estimate of drug-likeness (QED) is 0.902. The number of methoxy groups -OCH3 is 1. The Kier molecular flexibility index (Phi) is 4.62. The standard InChI is InChI=1S/C15H22FNO3/c1-10(13-6-5-11(18-4)7-14(13)16)17-8-12-9-19-15(2,3)20-12/h5-7,10,12,17H,8-9H2,1-4H3. The van der Waals surface area contributed by atoms with Gasteiger partial charge in [-0.2, -0.15) is 0 Å². The normalized spacial score (nSPS) is 22.8. The average Bonchev–Trinajstić information content (AvgIpc) is 2.75. The maximum Gasteiger partial charge on any atom is 0.163 e. The molecule has 1 N–H and O–H groups in total. The van der Waals surface area contributed by atoms with Gasteiger partial charge in [0.05, 0.1) is 19.8 Å². The van der Waals surface area contributed by atoms with Gasteiger partial charge < -0.3 is 19.5 Å². The summed E-state index contributed by atoms with van der Waals surface area (Å²) < 4.78 is 30.1. The minimum absolute atomic E-state index is 0.00578. The molecule has 1 fully saturated rings. The molecule has 0 aromatic heterocycles. The first-order valence-electron chi connectivity index (χ1n) is 6.80. The van der Waals surface area contributed by atoms with Gasteiger partial charge in [-0.3, -0.25) is 0 Å². The molecule has 0 saturated carbocycles. The largest absolute Gasteiger partial charge is 0.497 e. The predicted octanol–water partition coefficient (Wildman–Crippen LogP) is 2.64.